The summed E-state index contributed by atoms with van der Waals surface area (Å²) in [5.41, 5.74) is 7.90. The summed E-state index contributed by atoms with van der Waals surface area (Å²) >= 11 is 0. The highest BCUT2D eigenvalue weighted by molar-refractivity contribution is 7.86. The molecule has 14 nitrogen and oxygen atoms in total. The van der Waals surface area contributed by atoms with E-state index in [-0.39, 0.29) is 21.6 Å². The lowest BCUT2D eigenvalue weighted by atomic mass is 10.1. The average Bonchev–Trinajstić information content (AvgIpc) is 3.23. The zero-order chi connectivity index (χ0) is 44.9. The Labute approximate surface area is 361 Å². The Kier molecular flexibility index (Phi) is 15.4. The van der Waals surface area contributed by atoms with Crippen molar-refractivity contribution in [2.45, 2.75) is 23.6 Å². The van der Waals surface area contributed by atoms with Crippen LogP contribution in [0.4, 0.5) is 34.1 Å². The van der Waals surface area contributed by atoms with E-state index >= 15 is 0 Å². The SMILES string of the molecule is C[n+]1ccc(Nc2ccc(NC(=O)c3ccc(C(=O)Nc4ccc(Nc5ccc[n+](C)c5)cc4)cc3)cc2)cc1.Cc1ccc(S(=O)(=O)[O-])cc1.Cc1ccc(S(=O)(=O)[O-])cc1. The van der Waals surface area contributed by atoms with Gasteiger partial charge in [0.25, 0.3) is 11.8 Å². The minimum atomic E-state index is -4.27. The van der Waals surface area contributed by atoms with Gasteiger partial charge < -0.3 is 30.4 Å². The lowest BCUT2D eigenvalue weighted by Gasteiger charge is -2.10. The minimum Gasteiger partial charge on any atom is -0.744 e. The maximum atomic E-state index is 12.7. The number of rotatable bonds is 10. The monoisotopic (exact) mass is 872 g/mol. The molecule has 7 aromatic rings. The highest BCUT2D eigenvalue weighted by Crippen LogP contribution is 2.21. The summed E-state index contributed by atoms with van der Waals surface area (Å²) in [6.45, 7) is 3.64. The lowest BCUT2D eigenvalue weighted by Crippen LogP contribution is -2.26. The number of carbonyl (C=O) groups is 2. The molecule has 0 bridgehead atoms. The van der Waals surface area contributed by atoms with Crippen LogP contribution in [0.25, 0.3) is 0 Å². The zero-order valence-electron chi connectivity index (χ0n) is 34.1. The van der Waals surface area contributed by atoms with Crippen LogP contribution in [0.15, 0.2) is 180 Å². The summed E-state index contributed by atoms with van der Waals surface area (Å²) in [5.74, 6) is -0.503. The summed E-state index contributed by atoms with van der Waals surface area (Å²) in [5, 5.41) is 12.4. The molecule has 0 spiro atoms. The number of benzene rings is 5. The summed E-state index contributed by atoms with van der Waals surface area (Å²) in [6, 6.07) is 41.0. The van der Waals surface area contributed by atoms with Crippen molar-refractivity contribution in [1.82, 2.24) is 0 Å². The molecule has 318 valence electrons. The second-order valence-electron chi connectivity index (χ2n) is 13.9. The summed E-state index contributed by atoms with van der Waals surface area (Å²) < 4.78 is 66.3. The third-order valence-corrected chi connectivity index (χ3v) is 10.5. The van der Waals surface area contributed by atoms with Gasteiger partial charge in [-0.25, -0.2) is 26.0 Å². The zero-order valence-corrected chi connectivity index (χ0v) is 35.8. The van der Waals surface area contributed by atoms with Crippen LogP contribution >= 0.6 is 0 Å². The van der Waals surface area contributed by atoms with E-state index in [1.807, 2.05) is 135 Å². The number of anilines is 6. The molecule has 0 unspecified atom stereocenters. The molecule has 0 radical (unpaired) electrons. The molecule has 7 rings (SSSR count). The standard InChI is InChI=1S/C32H28N6O2.2C7H8O3S/c1-37-20-17-29(18-21-37)33-25-9-13-27(14-10-25)35-31(39)23-5-7-24(8-6-23)32(40)36-28-15-11-26(12-16-28)34-30-4-3-19-38(2)22-30;2*1-6-2-4-7(5-3-6)11(8,9)10/h3-22H,1-2H3,(H2-,34,35,36,39,40);2*2-5H,1H3,(H,8,9,10). The van der Waals surface area contributed by atoms with Gasteiger partial charge in [0.2, 0.25) is 0 Å². The van der Waals surface area contributed by atoms with Gasteiger partial charge in [-0.1, -0.05) is 35.4 Å². The molecule has 5 aromatic carbocycles. The van der Waals surface area contributed by atoms with Crippen molar-refractivity contribution in [1.29, 1.82) is 0 Å². The molecule has 0 saturated heterocycles. The Balaban J connectivity index is 0.000000267. The topological polar surface area (TPSA) is 204 Å². The Morgan fingerprint density at radius 1 is 0.435 bits per heavy atom. The van der Waals surface area contributed by atoms with Crippen LogP contribution in [0.5, 0.6) is 0 Å². The van der Waals surface area contributed by atoms with E-state index in [0.29, 0.717) is 22.5 Å². The van der Waals surface area contributed by atoms with Gasteiger partial charge in [-0.3, -0.25) is 9.59 Å². The van der Waals surface area contributed by atoms with Gasteiger partial charge in [0.1, 0.15) is 40.0 Å². The fourth-order valence-corrected chi connectivity index (χ4v) is 6.38. The highest BCUT2D eigenvalue weighted by atomic mass is 32.2. The van der Waals surface area contributed by atoms with E-state index < -0.39 is 20.2 Å². The van der Waals surface area contributed by atoms with Gasteiger partial charge in [-0.05, 0) is 117 Å². The van der Waals surface area contributed by atoms with Crippen molar-refractivity contribution in [2.24, 2.45) is 14.1 Å². The van der Waals surface area contributed by atoms with Crippen LogP contribution in [0.2, 0.25) is 0 Å². The predicted molar refractivity (Wildman–Crippen MR) is 235 cm³/mol. The van der Waals surface area contributed by atoms with Crippen molar-refractivity contribution < 1.29 is 44.7 Å². The van der Waals surface area contributed by atoms with Crippen LogP contribution < -0.4 is 30.4 Å². The molecule has 0 aliphatic rings. The molecule has 0 fully saturated rings. The molecule has 0 aliphatic heterocycles. The molecule has 2 aromatic heterocycles. The first kappa shape index (κ1) is 45.8. The first-order valence-electron chi connectivity index (χ1n) is 18.8. The third-order valence-electron chi connectivity index (χ3n) is 8.81. The largest absolute Gasteiger partial charge is 0.744 e. The Morgan fingerprint density at radius 2 is 0.790 bits per heavy atom. The van der Waals surface area contributed by atoms with Gasteiger partial charge in [0.15, 0.2) is 24.8 Å². The fourth-order valence-electron chi connectivity index (χ4n) is 5.44. The van der Waals surface area contributed by atoms with Gasteiger partial charge in [-0.15, -0.1) is 0 Å². The summed E-state index contributed by atoms with van der Waals surface area (Å²) in [6.07, 6.45) is 7.88. The molecule has 0 atom stereocenters. The molecule has 4 N–H and O–H groups in total. The molecule has 2 heterocycles. The van der Waals surface area contributed by atoms with E-state index in [2.05, 4.69) is 21.3 Å². The number of aryl methyl sites for hydroxylation is 4. The van der Waals surface area contributed by atoms with Crippen molar-refractivity contribution in [3.63, 3.8) is 0 Å². The van der Waals surface area contributed by atoms with Gasteiger partial charge >= 0.3 is 0 Å². The van der Waals surface area contributed by atoms with E-state index in [9.17, 15) is 35.5 Å². The molecular weight excluding hydrogens is 829 g/mol. The van der Waals surface area contributed by atoms with Crippen molar-refractivity contribution in [3.05, 3.63) is 193 Å². The van der Waals surface area contributed by atoms with E-state index in [0.717, 1.165) is 33.9 Å². The number of aromatic nitrogens is 2. The fraction of sp³-hybridized carbons (Fsp3) is 0.0870. The third kappa shape index (κ3) is 14.5. The molecule has 62 heavy (non-hydrogen) atoms. The van der Waals surface area contributed by atoms with Crippen LogP contribution in [0, 0.1) is 13.8 Å². The molecule has 0 saturated carbocycles. The minimum absolute atomic E-state index is 0.178. The first-order valence-corrected chi connectivity index (χ1v) is 21.7. The second kappa shape index (κ2) is 20.8. The number of hydrogen-bond donors (Lipinski definition) is 4. The van der Waals surface area contributed by atoms with Gasteiger partial charge in [0, 0.05) is 52.1 Å². The van der Waals surface area contributed by atoms with Crippen LogP contribution in [0.1, 0.15) is 31.8 Å². The molecule has 16 heteroatoms. The maximum Gasteiger partial charge on any atom is 0.255 e. The number of nitrogens with zero attached hydrogens (tertiary/aromatic N) is 2. The Hall–Kier alpha value is -7.24. The quantitative estimate of drug-likeness (QED) is 0.0809. The predicted octanol–water partition coefficient (Wildman–Crippen LogP) is 7.13. The number of pyridine rings is 2. The summed E-state index contributed by atoms with van der Waals surface area (Å²) in [4.78, 5) is 25.1. The highest BCUT2D eigenvalue weighted by Gasteiger charge is 2.11. The lowest BCUT2D eigenvalue weighted by molar-refractivity contribution is -0.671. The average molecular weight is 873 g/mol. The second-order valence-corrected chi connectivity index (χ2v) is 16.7. The van der Waals surface area contributed by atoms with Gasteiger partial charge in [0.05, 0.1) is 15.5 Å². The van der Waals surface area contributed by atoms with Crippen LogP contribution in [0.3, 0.4) is 0 Å². The molecule has 0 aliphatic carbocycles. The van der Waals surface area contributed by atoms with E-state index in [4.69, 9.17) is 0 Å². The van der Waals surface area contributed by atoms with Crippen molar-refractivity contribution in [3.8, 4) is 0 Å². The van der Waals surface area contributed by atoms with E-state index in [1.165, 1.54) is 24.3 Å². The Morgan fingerprint density at radius 3 is 1.16 bits per heavy atom. The van der Waals surface area contributed by atoms with Crippen LogP contribution in [-0.4, -0.2) is 37.8 Å². The summed E-state index contributed by atoms with van der Waals surface area (Å²) in [7, 11) is -4.61. The number of amides is 2. The smallest absolute Gasteiger partial charge is 0.255 e. The van der Waals surface area contributed by atoms with Crippen molar-refractivity contribution in [2.75, 3.05) is 21.3 Å². The van der Waals surface area contributed by atoms with Gasteiger partial charge in [-0.2, -0.15) is 0 Å². The normalized spacial score (nSPS) is 10.8. The Bertz CT molecular complexity index is 2750. The molecular formula is C46H44N6O8S2. The van der Waals surface area contributed by atoms with Crippen LogP contribution in [-0.2, 0) is 34.3 Å². The molecule has 2 amide bonds. The van der Waals surface area contributed by atoms with E-state index in [1.54, 1.807) is 48.5 Å². The van der Waals surface area contributed by atoms with Crippen molar-refractivity contribution >= 4 is 66.2 Å². The number of hydrogen-bond acceptors (Lipinski definition) is 10. The maximum absolute atomic E-state index is 12.7. The number of nitrogens with one attached hydrogen (secondary N) is 4. The first-order chi connectivity index (χ1) is 29.4. The number of carbonyl (C=O) groups excluding carboxylic acids is 2.